The summed E-state index contributed by atoms with van der Waals surface area (Å²) in [4.78, 5) is 12.1. The van der Waals surface area contributed by atoms with Gasteiger partial charge in [0.05, 0.1) is 4.90 Å². The zero-order valence-corrected chi connectivity index (χ0v) is 13.2. The van der Waals surface area contributed by atoms with Crippen LogP contribution in [-0.2, 0) is 9.84 Å². The summed E-state index contributed by atoms with van der Waals surface area (Å²) in [6, 6.07) is 4.17. The van der Waals surface area contributed by atoms with Crippen LogP contribution in [0.4, 0.5) is 5.69 Å². The maximum Gasteiger partial charge on any atom is 0.251 e. The fraction of sp³-hybridized carbons (Fsp3) is 0.500. The van der Waals surface area contributed by atoms with E-state index in [1.165, 1.54) is 18.2 Å². The van der Waals surface area contributed by atoms with Crippen molar-refractivity contribution in [3.63, 3.8) is 0 Å². The van der Waals surface area contributed by atoms with Gasteiger partial charge in [0.15, 0.2) is 9.84 Å². The van der Waals surface area contributed by atoms with Gasteiger partial charge in [0.1, 0.15) is 0 Å². The highest BCUT2D eigenvalue weighted by atomic mass is 32.2. The van der Waals surface area contributed by atoms with Gasteiger partial charge in [-0.25, -0.2) is 8.42 Å². The standard InChI is InChI=1S/C14H22N2O3S/c1-5-14(2,3)9-16-13(17)10-6-11(15)8-12(7-10)20(4,18)19/h6-8H,5,9,15H2,1-4H3,(H,16,17). The molecule has 6 heteroatoms. The van der Waals surface area contributed by atoms with Crippen LogP contribution in [0.25, 0.3) is 0 Å². The Bertz CT molecular complexity index is 607. The maximum absolute atomic E-state index is 12.1. The summed E-state index contributed by atoms with van der Waals surface area (Å²) in [5.74, 6) is -0.316. The summed E-state index contributed by atoms with van der Waals surface area (Å²) in [6.07, 6.45) is 2.02. The molecule has 0 fully saturated rings. The lowest BCUT2D eigenvalue weighted by molar-refractivity contribution is 0.0935. The lowest BCUT2D eigenvalue weighted by Crippen LogP contribution is -2.33. The number of carbonyl (C=O) groups is 1. The molecule has 1 amide bonds. The van der Waals surface area contributed by atoms with E-state index >= 15 is 0 Å². The van der Waals surface area contributed by atoms with Crippen LogP contribution in [-0.4, -0.2) is 27.1 Å². The highest BCUT2D eigenvalue weighted by molar-refractivity contribution is 7.90. The average Bonchev–Trinajstić information content (AvgIpc) is 2.34. The van der Waals surface area contributed by atoms with Crippen LogP contribution in [0.15, 0.2) is 23.1 Å². The predicted octanol–water partition coefficient (Wildman–Crippen LogP) is 1.84. The molecule has 0 spiro atoms. The van der Waals surface area contributed by atoms with Gasteiger partial charge < -0.3 is 11.1 Å². The van der Waals surface area contributed by atoms with Crippen molar-refractivity contribution in [2.45, 2.75) is 32.1 Å². The molecule has 0 saturated heterocycles. The molecule has 1 rings (SSSR count). The predicted molar refractivity (Wildman–Crippen MR) is 80.4 cm³/mol. The second-order valence-corrected chi connectivity index (χ2v) is 7.78. The average molecular weight is 298 g/mol. The molecular weight excluding hydrogens is 276 g/mol. The molecular formula is C14H22N2O3S. The van der Waals surface area contributed by atoms with Gasteiger partial charge in [-0.15, -0.1) is 0 Å². The van der Waals surface area contributed by atoms with Crippen molar-refractivity contribution in [3.05, 3.63) is 23.8 Å². The van der Waals surface area contributed by atoms with E-state index in [0.717, 1.165) is 12.7 Å². The highest BCUT2D eigenvalue weighted by Gasteiger charge is 2.18. The number of hydrogen-bond donors (Lipinski definition) is 2. The third-order valence-corrected chi connectivity index (χ3v) is 4.40. The van der Waals surface area contributed by atoms with Crippen molar-refractivity contribution in [3.8, 4) is 0 Å². The van der Waals surface area contributed by atoms with E-state index in [4.69, 9.17) is 5.73 Å². The van der Waals surface area contributed by atoms with E-state index in [1.807, 2.05) is 0 Å². The zero-order chi connectivity index (χ0) is 15.6. The Morgan fingerprint density at radius 3 is 2.40 bits per heavy atom. The fourth-order valence-corrected chi connectivity index (χ4v) is 2.21. The Balaban J connectivity index is 2.97. The Hall–Kier alpha value is -1.56. The molecule has 0 heterocycles. The molecule has 0 aliphatic carbocycles. The lowest BCUT2D eigenvalue weighted by Gasteiger charge is -2.22. The van der Waals surface area contributed by atoms with E-state index in [0.29, 0.717) is 6.54 Å². The van der Waals surface area contributed by atoms with Crippen molar-refractivity contribution in [1.82, 2.24) is 5.32 Å². The van der Waals surface area contributed by atoms with E-state index in [1.54, 1.807) is 0 Å². The van der Waals surface area contributed by atoms with E-state index in [9.17, 15) is 13.2 Å². The highest BCUT2D eigenvalue weighted by Crippen LogP contribution is 2.19. The van der Waals surface area contributed by atoms with Gasteiger partial charge in [0.2, 0.25) is 0 Å². The van der Waals surface area contributed by atoms with Crippen LogP contribution >= 0.6 is 0 Å². The maximum atomic E-state index is 12.1. The molecule has 20 heavy (non-hydrogen) atoms. The Morgan fingerprint density at radius 2 is 1.90 bits per heavy atom. The minimum absolute atomic E-state index is 0.00432. The van der Waals surface area contributed by atoms with Crippen LogP contribution in [0.1, 0.15) is 37.6 Å². The quantitative estimate of drug-likeness (QED) is 0.812. The third kappa shape index (κ3) is 4.52. The second-order valence-electron chi connectivity index (χ2n) is 5.76. The summed E-state index contributed by atoms with van der Waals surface area (Å²) in [5.41, 5.74) is 6.17. The molecule has 3 N–H and O–H groups in total. The van der Waals surface area contributed by atoms with Gasteiger partial charge in [-0.1, -0.05) is 20.8 Å². The molecule has 0 atom stereocenters. The molecule has 1 aromatic rings. The number of benzene rings is 1. The van der Waals surface area contributed by atoms with Gasteiger partial charge >= 0.3 is 0 Å². The Morgan fingerprint density at radius 1 is 1.30 bits per heavy atom. The monoisotopic (exact) mass is 298 g/mol. The normalized spacial score (nSPS) is 12.2. The molecule has 1 aromatic carbocycles. The SMILES string of the molecule is CCC(C)(C)CNC(=O)c1cc(N)cc(S(C)(=O)=O)c1. The van der Waals surface area contributed by atoms with Crippen LogP contribution in [0, 0.1) is 5.41 Å². The number of amides is 1. The lowest BCUT2D eigenvalue weighted by atomic mass is 9.90. The smallest absolute Gasteiger partial charge is 0.251 e. The number of nitrogens with one attached hydrogen (secondary N) is 1. The minimum atomic E-state index is -3.39. The minimum Gasteiger partial charge on any atom is -0.399 e. The van der Waals surface area contributed by atoms with Crippen LogP contribution in [0.2, 0.25) is 0 Å². The van der Waals surface area contributed by atoms with Gasteiger partial charge in [0, 0.05) is 24.1 Å². The summed E-state index contributed by atoms with van der Waals surface area (Å²) in [7, 11) is -3.39. The number of rotatable bonds is 5. The van der Waals surface area contributed by atoms with Crippen molar-refractivity contribution >= 4 is 21.4 Å². The largest absolute Gasteiger partial charge is 0.399 e. The number of nitrogens with two attached hydrogens (primary N) is 1. The summed E-state index contributed by atoms with van der Waals surface area (Å²) in [6.45, 7) is 6.67. The summed E-state index contributed by atoms with van der Waals surface area (Å²) >= 11 is 0. The second kappa shape index (κ2) is 5.83. The molecule has 0 bridgehead atoms. The molecule has 0 unspecified atom stereocenters. The molecule has 112 valence electrons. The number of carbonyl (C=O) groups excluding carboxylic acids is 1. The third-order valence-electron chi connectivity index (χ3n) is 3.30. The molecule has 0 aromatic heterocycles. The van der Waals surface area contributed by atoms with Crippen LogP contribution < -0.4 is 11.1 Å². The molecule has 5 nitrogen and oxygen atoms in total. The van der Waals surface area contributed by atoms with E-state index in [2.05, 4.69) is 26.1 Å². The van der Waals surface area contributed by atoms with Crippen LogP contribution in [0.5, 0.6) is 0 Å². The first kappa shape index (κ1) is 16.5. The summed E-state index contributed by atoms with van der Waals surface area (Å²) in [5, 5.41) is 2.81. The van der Waals surface area contributed by atoms with Crippen molar-refractivity contribution in [1.29, 1.82) is 0 Å². The number of anilines is 1. The molecule has 0 saturated carbocycles. The van der Waals surface area contributed by atoms with E-state index < -0.39 is 9.84 Å². The van der Waals surface area contributed by atoms with Crippen molar-refractivity contribution < 1.29 is 13.2 Å². The van der Waals surface area contributed by atoms with Gasteiger partial charge in [-0.2, -0.15) is 0 Å². The van der Waals surface area contributed by atoms with Gasteiger partial charge in [-0.3, -0.25) is 4.79 Å². The van der Waals surface area contributed by atoms with Gasteiger partial charge in [-0.05, 0) is 30.0 Å². The van der Waals surface area contributed by atoms with Crippen molar-refractivity contribution in [2.24, 2.45) is 5.41 Å². The molecule has 0 aliphatic heterocycles. The van der Waals surface area contributed by atoms with Crippen LogP contribution in [0.3, 0.4) is 0 Å². The molecule has 0 radical (unpaired) electrons. The van der Waals surface area contributed by atoms with Crippen molar-refractivity contribution in [2.75, 3.05) is 18.5 Å². The first-order valence-electron chi connectivity index (χ1n) is 6.44. The molecule has 0 aliphatic rings. The number of nitrogen functional groups attached to an aromatic ring is 1. The zero-order valence-electron chi connectivity index (χ0n) is 12.4. The summed E-state index contributed by atoms with van der Waals surface area (Å²) < 4.78 is 23.1. The Labute approximate surface area is 120 Å². The first-order valence-corrected chi connectivity index (χ1v) is 8.33. The topological polar surface area (TPSA) is 89.3 Å². The first-order chi connectivity index (χ1) is 9.05. The number of sulfone groups is 1. The Kier molecular flexibility index (Phi) is 4.81. The van der Waals surface area contributed by atoms with E-state index in [-0.39, 0.29) is 27.5 Å². The van der Waals surface area contributed by atoms with Gasteiger partial charge in [0.25, 0.3) is 5.91 Å². The fourth-order valence-electron chi connectivity index (χ4n) is 1.51. The number of hydrogen-bond acceptors (Lipinski definition) is 4.